The van der Waals surface area contributed by atoms with Crippen LogP contribution in [0.4, 0.5) is 44.9 Å². The lowest BCUT2D eigenvalue weighted by molar-refractivity contribution is -0.387. The van der Waals surface area contributed by atoms with Gasteiger partial charge in [-0.25, -0.2) is 9.97 Å². The number of carboxylic acid groups (broad SMARTS) is 1. The normalized spacial score (nSPS) is 17.1. The van der Waals surface area contributed by atoms with Gasteiger partial charge in [-0.15, -0.1) is 0 Å². The van der Waals surface area contributed by atoms with Crippen LogP contribution in [-0.4, -0.2) is 153 Å². The standard InChI is InChI=1S/C19H18N4O2.C13H17BN2O3.C12H13BrN2O.C11H13BrN2O3.C11H15BrN2O.C6H3BrFNO2.C5H11NO.CH2O2/c20-19-22-16-9-12(2-4-18(16)25-19)13-1-3-15-17(10-13)23(11-21-15)14-5-7-24-8-6-14;1-12(2)13(3,4)19-14(18-12)8-5-6-10-9(7-8)16-11(15)17-10;13-9-1-2-11-12(7-9)15(8-14-11)10-3-5-16-6-4-10;12-8-1-2-11(14(15)16)10(7-8)13-9-3-5-17-6-4-9;12-8-1-2-10(13)11(7-8)14-9-3-5-15-6-4-9;7-4-1-2-6(9(10)11)5(8)3-4;6-5-1-3-7-4-2-5;2-1-3/h1-4,9-11,14H,5-8H2,(H2,20,22);5-7H,1-4H3,(H2,15,16);1-2,7-8,10H,3-6H2;1-2,7,9,13H,3-6H2;1-2,7,9,14H,3-6,13H2;1-3H;5H,1-4,6H2;1H,(H,2,3). The number of nitro groups is 2. The predicted octanol–water partition coefficient (Wildman–Crippen LogP) is 16.5. The highest BCUT2D eigenvalue weighted by Gasteiger charge is 2.52. The van der Waals surface area contributed by atoms with Gasteiger partial charge in [-0.3, -0.25) is 25.0 Å². The van der Waals surface area contributed by atoms with Crippen LogP contribution in [0.2, 0.25) is 0 Å². The lowest BCUT2D eigenvalue weighted by Gasteiger charge is -2.32. The molecule has 6 saturated heterocycles. The summed E-state index contributed by atoms with van der Waals surface area (Å²) in [5.74, 6) is -0.829. The zero-order chi connectivity index (χ0) is 80.8. The highest BCUT2D eigenvalue weighted by Crippen LogP contribution is 2.38. The smallest absolute Gasteiger partial charge is 0.483 e. The van der Waals surface area contributed by atoms with Crippen molar-refractivity contribution < 1.29 is 66.0 Å². The summed E-state index contributed by atoms with van der Waals surface area (Å²) in [5, 5.41) is 34.5. The van der Waals surface area contributed by atoms with Crippen LogP contribution in [-0.2, 0) is 37.8 Å². The number of rotatable bonds is 10. The Morgan fingerprint density at radius 3 is 1.41 bits per heavy atom. The minimum atomic E-state index is -0.829. The average Bonchev–Trinajstić information content (AvgIpc) is 1.63. The van der Waals surface area contributed by atoms with Crippen molar-refractivity contribution >= 4 is 168 Å². The van der Waals surface area contributed by atoms with E-state index in [0.717, 1.165) is 193 Å². The number of benzene rings is 7. The first-order chi connectivity index (χ1) is 54.2. The van der Waals surface area contributed by atoms with E-state index in [1.54, 1.807) is 12.1 Å². The molecule has 11 aromatic rings. The summed E-state index contributed by atoms with van der Waals surface area (Å²) in [6, 6.07) is 41.0. The molecule has 6 aliphatic heterocycles. The molecule has 0 aliphatic carbocycles. The van der Waals surface area contributed by atoms with E-state index in [1.807, 2.05) is 101 Å². The number of anilines is 5. The van der Waals surface area contributed by atoms with Gasteiger partial charge in [0.05, 0.1) is 67.1 Å². The van der Waals surface area contributed by atoms with E-state index in [9.17, 15) is 24.6 Å². The molecule has 0 amide bonds. The molecule has 6 aliphatic rings. The van der Waals surface area contributed by atoms with E-state index in [0.29, 0.717) is 64.2 Å². The van der Waals surface area contributed by atoms with Crippen molar-refractivity contribution in [3.8, 4) is 11.1 Å². The first kappa shape index (κ1) is 86.7. The molecule has 29 nitrogen and oxygen atoms in total. The topological polar surface area (TPSA) is 404 Å². The maximum absolute atomic E-state index is 12.6. The first-order valence-corrected chi connectivity index (χ1v) is 40.0. The number of nitrogen functional groups attached to an aromatic ring is 3. The molecule has 6 fully saturated rings. The fraction of sp³-hybridized carbons (Fsp3) is 0.397. The molecule has 0 radical (unpaired) electrons. The summed E-state index contributed by atoms with van der Waals surface area (Å²) in [6.07, 6.45) is 14.1. The molecule has 11 N–H and O–H groups in total. The Morgan fingerprint density at radius 1 is 0.513 bits per heavy atom. The second-order valence-corrected chi connectivity index (χ2v) is 31.7. The minimum Gasteiger partial charge on any atom is -0.483 e. The van der Waals surface area contributed by atoms with Crippen molar-refractivity contribution in [1.82, 2.24) is 29.1 Å². The van der Waals surface area contributed by atoms with E-state index < -0.39 is 23.5 Å². The number of nitrogens with two attached hydrogens (primary N) is 4. The Bertz CT molecular complexity index is 4930. The largest absolute Gasteiger partial charge is 0.494 e. The number of nitrogens with one attached hydrogen (secondary N) is 2. The zero-order valence-corrected chi connectivity index (χ0v) is 69.2. The highest BCUT2D eigenvalue weighted by atomic mass is 79.9. The highest BCUT2D eigenvalue weighted by molar-refractivity contribution is 9.11. The molecule has 602 valence electrons. The van der Waals surface area contributed by atoms with Gasteiger partial charge >= 0.3 is 12.8 Å². The molecule has 113 heavy (non-hydrogen) atoms. The van der Waals surface area contributed by atoms with Gasteiger partial charge < -0.3 is 89.6 Å². The molecule has 0 spiro atoms. The number of fused-ring (bicyclic) bond motifs is 4. The molecule has 0 unspecified atom stereocenters. The second-order valence-electron chi connectivity index (χ2n) is 28.0. The number of nitrogens with zero attached hydrogens (tertiary/aromatic N) is 8. The fourth-order valence-electron chi connectivity index (χ4n) is 12.8. The van der Waals surface area contributed by atoms with Gasteiger partial charge in [0.15, 0.2) is 11.2 Å². The number of hydrogen-bond acceptors (Lipinski definition) is 24. The predicted molar refractivity (Wildman–Crippen MR) is 449 cm³/mol. The van der Waals surface area contributed by atoms with Crippen molar-refractivity contribution in [2.75, 3.05) is 93.9 Å². The molecule has 0 saturated carbocycles. The van der Waals surface area contributed by atoms with Gasteiger partial charge in [-0.2, -0.15) is 14.4 Å². The van der Waals surface area contributed by atoms with E-state index in [-0.39, 0.29) is 46.4 Å². The number of imidazole rings is 2. The lowest BCUT2D eigenvalue weighted by atomic mass is 9.79. The van der Waals surface area contributed by atoms with Crippen molar-refractivity contribution in [3.63, 3.8) is 0 Å². The van der Waals surface area contributed by atoms with Crippen molar-refractivity contribution in [2.45, 2.75) is 133 Å². The lowest BCUT2D eigenvalue weighted by Crippen LogP contribution is -2.41. The Kier molecular flexibility index (Phi) is 31.9. The second kappa shape index (κ2) is 41.5. The third-order valence-electron chi connectivity index (χ3n) is 19.7. The van der Waals surface area contributed by atoms with Crippen LogP contribution in [0, 0.1) is 26.0 Å². The number of nitro benzene ring substituents is 2. The number of hydrogen-bond donors (Lipinski definition) is 7. The maximum Gasteiger partial charge on any atom is 0.494 e. The molecular weight excluding hydrogens is 1720 g/mol. The Morgan fingerprint density at radius 2 is 0.912 bits per heavy atom. The molecule has 0 atom stereocenters. The van der Waals surface area contributed by atoms with Gasteiger partial charge in [0.1, 0.15) is 16.7 Å². The minimum absolute atomic E-state index is 0.111. The number of aromatic nitrogens is 6. The first-order valence-electron chi connectivity index (χ1n) is 36.9. The van der Waals surface area contributed by atoms with Crippen molar-refractivity contribution in [3.05, 3.63) is 184 Å². The summed E-state index contributed by atoms with van der Waals surface area (Å²) >= 11 is 13.3. The molecule has 7 aromatic carbocycles. The van der Waals surface area contributed by atoms with E-state index in [1.165, 1.54) is 17.6 Å². The van der Waals surface area contributed by atoms with Crippen LogP contribution in [0.3, 0.4) is 0 Å². The summed E-state index contributed by atoms with van der Waals surface area (Å²) < 4.78 is 69.8. The third kappa shape index (κ3) is 24.7. The zero-order valence-electron chi connectivity index (χ0n) is 62.9. The molecule has 0 bridgehead atoms. The maximum atomic E-state index is 12.6. The Labute approximate surface area is 686 Å². The van der Waals surface area contributed by atoms with Crippen LogP contribution in [0.15, 0.2) is 167 Å². The average molecular weight is 1820 g/mol. The summed E-state index contributed by atoms with van der Waals surface area (Å²) in [6.45, 7) is 16.0. The van der Waals surface area contributed by atoms with Crippen LogP contribution in [0.5, 0.6) is 0 Å². The number of carbonyl (C=O) groups is 1. The Balaban J connectivity index is 0.000000142. The molecular formula is C78H92BBr4FN14O15. The fourth-order valence-corrected chi connectivity index (χ4v) is 14.2. The molecule has 4 aromatic heterocycles. The van der Waals surface area contributed by atoms with Gasteiger partial charge in [0.25, 0.3) is 24.2 Å². The van der Waals surface area contributed by atoms with E-state index >= 15 is 0 Å². The van der Waals surface area contributed by atoms with Crippen LogP contribution < -0.4 is 39.0 Å². The van der Waals surface area contributed by atoms with Crippen molar-refractivity contribution in [2.24, 2.45) is 5.73 Å². The van der Waals surface area contributed by atoms with Gasteiger partial charge in [-0.1, -0.05) is 81.9 Å². The van der Waals surface area contributed by atoms with Crippen LogP contribution in [0.1, 0.15) is 104 Å². The van der Waals surface area contributed by atoms with Crippen LogP contribution >= 0.6 is 63.7 Å². The van der Waals surface area contributed by atoms with E-state index in [4.69, 9.17) is 74.7 Å². The van der Waals surface area contributed by atoms with Crippen LogP contribution in [0.25, 0.3) is 55.4 Å². The van der Waals surface area contributed by atoms with Gasteiger partial charge in [-0.05, 0) is 206 Å². The summed E-state index contributed by atoms with van der Waals surface area (Å²) in [4.78, 5) is 45.6. The summed E-state index contributed by atoms with van der Waals surface area (Å²) in [7, 11) is -0.396. The van der Waals surface area contributed by atoms with Gasteiger partial charge in [0, 0.05) is 126 Å². The van der Waals surface area contributed by atoms with E-state index in [2.05, 4.69) is 134 Å². The van der Waals surface area contributed by atoms with Gasteiger partial charge in [0.2, 0.25) is 5.82 Å². The number of halogens is 5. The Hall–Kier alpha value is -8.72. The molecule has 10 heterocycles. The molecule has 35 heteroatoms. The monoisotopic (exact) mass is 1810 g/mol. The SMILES string of the molecule is Brc1ccc2ncn(C3CCOCC3)c2c1.CC1(C)OB(c2ccc3oc(N)nc3c2)OC1(C)C.NC1CCOCC1.Nc1ccc(Br)cc1NC1CCOCC1.Nc1nc2cc(-c3ccc4ncn(C5CCOCC5)c4c3)ccc2o1.O=CO.O=[N+]([O-])c1ccc(Br)cc1F.O=[N+]([O-])c1ccc(Br)cc1NC1CCOCC1. The molecule has 17 rings (SSSR count). The third-order valence-corrected chi connectivity index (χ3v) is 21.6. The van der Waals surface area contributed by atoms with Crippen molar-refractivity contribution in [1.29, 1.82) is 0 Å². The number of oxazole rings is 2. The number of ether oxygens (including phenoxy) is 5. The quantitative estimate of drug-likeness (QED) is 0.0220. The summed E-state index contributed by atoms with van der Waals surface area (Å²) in [5.41, 5.74) is 34.3.